The summed E-state index contributed by atoms with van der Waals surface area (Å²) in [5.41, 5.74) is 3.04. The third-order valence-corrected chi connectivity index (χ3v) is 6.44. The summed E-state index contributed by atoms with van der Waals surface area (Å²) in [4.78, 5) is 24.1. The number of ether oxygens (including phenoxy) is 2. The van der Waals surface area contributed by atoms with Crippen molar-refractivity contribution in [1.82, 2.24) is 0 Å². The zero-order chi connectivity index (χ0) is 24.2. The summed E-state index contributed by atoms with van der Waals surface area (Å²) in [6, 6.07) is 16.1. The van der Waals surface area contributed by atoms with Gasteiger partial charge in [0.15, 0.2) is 5.78 Å². The smallest absolute Gasteiger partial charge is 0.549 e. The van der Waals surface area contributed by atoms with Gasteiger partial charge in [0.1, 0.15) is 17.2 Å². The maximum atomic E-state index is 12.7. The van der Waals surface area contributed by atoms with Crippen LogP contribution in [0.25, 0.3) is 0 Å². The predicted molar refractivity (Wildman–Crippen MR) is 129 cm³/mol. The largest absolute Gasteiger partial charge is 1.00 e. The van der Waals surface area contributed by atoms with E-state index in [1.54, 1.807) is 30.3 Å². The molecule has 176 valence electrons. The number of carbonyl (C=O) groups is 2. The Balaban J connectivity index is 0.00000342. The van der Waals surface area contributed by atoms with Gasteiger partial charge in [-0.05, 0) is 73.7 Å². The van der Waals surface area contributed by atoms with Gasteiger partial charge in [-0.2, -0.15) is 0 Å². The number of carboxylic acid groups (broad SMARTS) is 1. The number of hydrogen-bond acceptors (Lipinski definition) is 5. The first-order valence-corrected chi connectivity index (χ1v) is 11.8. The maximum Gasteiger partial charge on any atom is 1.00 e. The number of aryl methyl sites for hydroxylation is 2. The molecule has 0 amide bonds. The Kier molecular flexibility index (Phi) is 9.68. The molecule has 0 saturated carbocycles. The zero-order valence-electron chi connectivity index (χ0n) is 19.6. The number of rotatable bonds is 8. The van der Waals surface area contributed by atoms with Crippen LogP contribution in [0.4, 0.5) is 0 Å². The van der Waals surface area contributed by atoms with Gasteiger partial charge in [-0.3, -0.25) is 4.79 Å². The molecule has 0 radical (unpaired) electrons. The molecule has 1 aliphatic rings. The summed E-state index contributed by atoms with van der Waals surface area (Å²) < 4.78 is 11.6. The van der Waals surface area contributed by atoms with Gasteiger partial charge in [-0.25, -0.2) is 0 Å². The molecule has 35 heavy (non-hydrogen) atoms. The number of benzene rings is 3. The van der Waals surface area contributed by atoms with Gasteiger partial charge in [-0.1, -0.05) is 35.3 Å². The number of fused-ring (bicyclic) bond motifs is 1. The summed E-state index contributed by atoms with van der Waals surface area (Å²) in [7, 11) is 0. The molecule has 0 saturated heterocycles. The van der Waals surface area contributed by atoms with Gasteiger partial charge in [0.25, 0.3) is 0 Å². The minimum Gasteiger partial charge on any atom is -0.549 e. The van der Waals surface area contributed by atoms with Crippen LogP contribution in [-0.2, 0) is 11.2 Å². The van der Waals surface area contributed by atoms with Crippen LogP contribution < -0.4 is 44.1 Å². The van der Waals surface area contributed by atoms with E-state index in [1.165, 1.54) is 0 Å². The molecule has 0 aliphatic carbocycles. The Bertz CT molecular complexity index is 1230. The van der Waals surface area contributed by atoms with Crippen molar-refractivity contribution in [1.29, 1.82) is 0 Å². The van der Waals surface area contributed by atoms with Crippen LogP contribution >= 0.6 is 23.2 Å². The molecule has 1 heterocycles. The molecule has 3 aromatic carbocycles. The number of carboxylic acids is 1. The van der Waals surface area contributed by atoms with Crippen LogP contribution in [0.3, 0.4) is 0 Å². The first kappa shape index (κ1) is 27.6. The van der Waals surface area contributed by atoms with Crippen LogP contribution in [0.15, 0.2) is 54.6 Å². The molecule has 5 nitrogen and oxygen atoms in total. The summed E-state index contributed by atoms with van der Waals surface area (Å²) in [5, 5.41) is 12.4. The van der Waals surface area contributed by atoms with Crippen molar-refractivity contribution in [3.8, 4) is 17.2 Å². The van der Waals surface area contributed by atoms with Crippen LogP contribution in [-0.4, -0.2) is 18.4 Å². The van der Waals surface area contributed by atoms with Gasteiger partial charge in [0.2, 0.25) is 0 Å². The van der Waals surface area contributed by atoms with Crippen LogP contribution in [0.2, 0.25) is 10.0 Å². The molecule has 1 atom stereocenters. The van der Waals surface area contributed by atoms with E-state index in [1.807, 2.05) is 31.2 Å². The Morgan fingerprint density at radius 3 is 2.49 bits per heavy atom. The predicted octanol–water partition coefficient (Wildman–Crippen LogP) is 2.92. The van der Waals surface area contributed by atoms with Crippen molar-refractivity contribution >= 4 is 35.0 Å². The molecule has 0 aromatic heterocycles. The third kappa shape index (κ3) is 6.81. The Morgan fingerprint density at radius 2 is 1.80 bits per heavy atom. The summed E-state index contributed by atoms with van der Waals surface area (Å²) in [6.07, 6.45) is 2.33. The molecule has 1 aliphatic heterocycles. The number of halogens is 2. The molecule has 0 N–H and O–H groups in total. The van der Waals surface area contributed by atoms with Crippen LogP contribution in [0.5, 0.6) is 17.2 Å². The maximum absolute atomic E-state index is 12.7. The second-order valence-corrected chi connectivity index (χ2v) is 9.16. The number of ketones is 1. The van der Waals surface area contributed by atoms with Gasteiger partial charge in [0, 0.05) is 40.5 Å². The van der Waals surface area contributed by atoms with E-state index in [0.29, 0.717) is 46.2 Å². The zero-order valence-corrected chi connectivity index (χ0v) is 23.1. The van der Waals surface area contributed by atoms with E-state index in [0.717, 1.165) is 24.0 Å². The molecule has 1 unspecified atom stereocenters. The van der Waals surface area contributed by atoms with Gasteiger partial charge in [-0.15, -0.1) is 0 Å². The number of hydrogen-bond donors (Lipinski definition) is 0. The van der Waals surface area contributed by atoms with Crippen molar-refractivity contribution < 1.29 is 53.7 Å². The van der Waals surface area contributed by atoms with Crippen molar-refractivity contribution in [2.45, 2.75) is 38.5 Å². The number of carbonyl (C=O) groups excluding carboxylic acids is 2. The second-order valence-electron chi connectivity index (χ2n) is 8.31. The molecule has 0 spiro atoms. The molecule has 4 rings (SSSR count). The van der Waals surface area contributed by atoms with E-state index >= 15 is 0 Å². The molecule has 0 fully saturated rings. The fourth-order valence-corrected chi connectivity index (χ4v) is 4.35. The second kappa shape index (κ2) is 12.3. The monoisotopic (exact) mass is 520 g/mol. The van der Waals surface area contributed by atoms with Gasteiger partial charge < -0.3 is 19.4 Å². The average molecular weight is 521 g/mol. The minimum atomic E-state index is -1.15. The normalized spacial score (nSPS) is 14.3. The molecule has 3 aromatic rings. The number of Topliss-reactive ketones (excluding diaryl/α,β-unsaturated/α-hetero) is 1. The summed E-state index contributed by atoms with van der Waals surface area (Å²) in [5.74, 6) is -0.529. The molecule has 0 bridgehead atoms. The SMILES string of the molecule is Cc1cc(C(=O)CCCc2ccc(Cl)cc2)ccc1Oc1cc2c(cc1Cl)C(C(=O)[O-])CCO2.[Na+]. The minimum absolute atomic E-state index is 0. The van der Waals surface area contributed by atoms with Crippen LogP contribution in [0.1, 0.15) is 52.2 Å². The van der Waals surface area contributed by atoms with E-state index in [4.69, 9.17) is 32.7 Å². The van der Waals surface area contributed by atoms with Crippen LogP contribution in [0, 0.1) is 6.92 Å². The van der Waals surface area contributed by atoms with Crippen molar-refractivity contribution in [2.75, 3.05) is 6.61 Å². The summed E-state index contributed by atoms with van der Waals surface area (Å²) in [6.45, 7) is 2.13. The van der Waals surface area contributed by atoms with E-state index in [2.05, 4.69) is 0 Å². The standard InChI is InChI=1S/C27H24Cl2O5.Na/c1-16-13-18(23(30)4-2-3-17-5-8-19(28)9-6-17)7-10-24(16)34-26-15-25-21(14-22(26)29)20(27(31)32)11-12-33-25;/h5-10,13-15,20H,2-4,11-12H2,1H3,(H,31,32);/q;+1/p-1. The first-order valence-electron chi connectivity index (χ1n) is 11.0. The Labute approximate surface area is 236 Å². The van der Waals surface area contributed by atoms with E-state index in [9.17, 15) is 14.7 Å². The fraction of sp³-hybridized carbons (Fsp3) is 0.259. The third-order valence-electron chi connectivity index (χ3n) is 5.89. The summed E-state index contributed by atoms with van der Waals surface area (Å²) >= 11 is 12.3. The fourth-order valence-electron chi connectivity index (χ4n) is 4.02. The molecular formula is C27H23Cl2NaO5. The Morgan fingerprint density at radius 1 is 1.06 bits per heavy atom. The van der Waals surface area contributed by atoms with Crippen molar-refractivity contribution in [3.63, 3.8) is 0 Å². The van der Waals surface area contributed by atoms with E-state index in [-0.39, 0.29) is 47.0 Å². The average Bonchev–Trinajstić information content (AvgIpc) is 2.81. The topological polar surface area (TPSA) is 75.7 Å². The molecular weight excluding hydrogens is 498 g/mol. The quantitative estimate of drug-likeness (QED) is 0.337. The van der Waals surface area contributed by atoms with Crippen molar-refractivity contribution in [2.24, 2.45) is 0 Å². The van der Waals surface area contributed by atoms with Gasteiger partial charge >= 0.3 is 29.6 Å². The molecule has 8 heteroatoms. The van der Waals surface area contributed by atoms with Crippen molar-refractivity contribution in [3.05, 3.63) is 86.9 Å². The number of aliphatic carboxylic acids is 1. The first-order chi connectivity index (χ1) is 16.3. The van der Waals surface area contributed by atoms with E-state index < -0.39 is 11.9 Å². The Hall–Kier alpha value is -2.02. The van der Waals surface area contributed by atoms with Gasteiger partial charge in [0.05, 0.1) is 11.6 Å².